The number of nitrogens with zero attached hydrogens (tertiary/aromatic N) is 2. The highest BCUT2D eigenvalue weighted by Crippen LogP contribution is 2.48. The molecule has 13 nitrogen and oxygen atoms in total. The maximum atomic E-state index is 13.2. The molecule has 0 aliphatic carbocycles. The molecule has 3 aliphatic heterocycles. The quantitative estimate of drug-likeness (QED) is 0.170. The van der Waals surface area contributed by atoms with Gasteiger partial charge in [-0.3, -0.25) is 19.4 Å². The molecule has 2 aromatic rings. The van der Waals surface area contributed by atoms with Crippen LogP contribution in [-0.2, 0) is 34.0 Å². The second-order valence-electron chi connectivity index (χ2n) is 15.9. The molecule has 0 radical (unpaired) electrons. The Labute approximate surface area is 303 Å². The van der Waals surface area contributed by atoms with Crippen LogP contribution in [0.1, 0.15) is 113 Å². The summed E-state index contributed by atoms with van der Waals surface area (Å²) < 4.78 is 27.8. The first-order valence-corrected chi connectivity index (χ1v) is 17.6. The molecule has 2 saturated heterocycles. The molecule has 0 aromatic heterocycles. The van der Waals surface area contributed by atoms with Gasteiger partial charge in [0.2, 0.25) is 0 Å². The third kappa shape index (κ3) is 8.56. The van der Waals surface area contributed by atoms with E-state index >= 15 is 0 Å². The van der Waals surface area contributed by atoms with E-state index in [1.165, 1.54) is 9.80 Å². The van der Waals surface area contributed by atoms with Crippen LogP contribution in [0.2, 0.25) is 0 Å². The molecule has 3 aliphatic rings. The first kappa shape index (κ1) is 38.3. The number of likely N-dealkylation sites (tertiary alicyclic amines) is 2. The molecule has 0 spiro atoms. The standard InChI is InChI=1S/C39H48N2O11/c1-37(2,3)51-35(46)40-17-9-11-27(40)33(44)48-21-29(42)23-14-16-31-26(19-23)39(7,8)25-15-13-24(20-32(25)50-31)30(43)22-49-34(45)28-12-10-18-41(28)36(47)52-38(4,5)6/h13-16,19-20,27-28H,9-12,17-18,21-22H2,1-8H3/t27-,28?/m0/s1. The summed E-state index contributed by atoms with van der Waals surface area (Å²) in [6, 6.07) is 8.30. The first-order chi connectivity index (χ1) is 24.2. The minimum Gasteiger partial charge on any atom is -0.457 e. The maximum Gasteiger partial charge on any atom is 0.411 e. The summed E-state index contributed by atoms with van der Waals surface area (Å²) in [5.41, 5.74) is 0.0276. The van der Waals surface area contributed by atoms with E-state index in [2.05, 4.69) is 0 Å². The molecule has 5 rings (SSSR count). The number of carbonyl (C=O) groups is 6. The Kier molecular flexibility index (Phi) is 10.7. The van der Waals surface area contributed by atoms with Crippen molar-refractivity contribution in [3.8, 4) is 11.5 Å². The van der Waals surface area contributed by atoms with Crippen molar-refractivity contribution >= 4 is 35.7 Å². The molecular formula is C39H48N2O11. The van der Waals surface area contributed by atoms with E-state index in [1.54, 1.807) is 77.9 Å². The third-order valence-electron chi connectivity index (χ3n) is 9.17. The van der Waals surface area contributed by atoms with E-state index in [0.717, 1.165) is 11.1 Å². The van der Waals surface area contributed by atoms with Gasteiger partial charge in [0.05, 0.1) is 0 Å². The Morgan fingerprint density at radius 3 is 1.62 bits per heavy atom. The summed E-state index contributed by atoms with van der Waals surface area (Å²) in [5.74, 6) is -1.24. The van der Waals surface area contributed by atoms with E-state index < -0.39 is 77.6 Å². The number of amides is 2. The Bertz CT molecular complexity index is 1770. The number of hydrogen-bond donors (Lipinski definition) is 0. The maximum absolute atomic E-state index is 13.2. The minimum absolute atomic E-state index is 0.280. The third-order valence-corrected chi connectivity index (χ3v) is 9.17. The number of ketones is 2. The van der Waals surface area contributed by atoms with Crippen LogP contribution < -0.4 is 4.74 Å². The highest BCUT2D eigenvalue weighted by Gasteiger charge is 2.40. The molecule has 2 fully saturated rings. The SMILES string of the molecule is CC(C)(C)OC(=O)N1CCCC1C(=O)OCC(=O)c1ccc2c(c1)Oc1ccc(C(=O)COC(=O)[C@@H]3CCCN3C(=O)OC(C)(C)C)cc1C2(C)C. The monoisotopic (exact) mass is 720 g/mol. The zero-order valence-electron chi connectivity index (χ0n) is 31.2. The lowest BCUT2D eigenvalue weighted by molar-refractivity contribution is -0.148. The average Bonchev–Trinajstić information content (AvgIpc) is 3.75. The van der Waals surface area contributed by atoms with Crippen LogP contribution >= 0.6 is 0 Å². The molecule has 52 heavy (non-hydrogen) atoms. The van der Waals surface area contributed by atoms with Crippen molar-refractivity contribution < 1.29 is 52.5 Å². The van der Waals surface area contributed by atoms with Crippen molar-refractivity contribution in [2.24, 2.45) is 0 Å². The summed E-state index contributed by atoms with van der Waals surface area (Å²) in [5, 5.41) is 0. The number of esters is 2. The number of Topliss-reactive ketones (excluding diaryl/α,β-unsaturated/α-hetero) is 2. The fourth-order valence-corrected chi connectivity index (χ4v) is 6.58. The Balaban J connectivity index is 1.20. The van der Waals surface area contributed by atoms with E-state index in [1.807, 2.05) is 13.8 Å². The van der Waals surface area contributed by atoms with Crippen LogP contribution in [0.5, 0.6) is 11.5 Å². The number of fused-ring (bicyclic) bond motifs is 2. The zero-order valence-corrected chi connectivity index (χ0v) is 31.2. The second kappa shape index (κ2) is 14.6. The predicted molar refractivity (Wildman–Crippen MR) is 188 cm³/mol. The Hall–Kier alpha value is -4.94. The van der Waals surface area contributed by atoms with E-state index in [-0.39, 0.29) is 5.56 Å². The summed E-state index contributed by atoms with van der Waals surface area (Å²) in [6.07, 6.45) is 0.883. The van der Waals surface area contributed by atoms with Crippen LogP contribution in [0.3, 0.4) is 0 Å². The molecule has 1 unspecified atom stereocenters. The van der Waals surface area contributed by atoms with Gasteiger partial charge in [-0.2, -0.15) is 0 Å². The van der Waals surface area contributed by atoms with Crippen LogP contribution in [0.25, 0.3) is 0 Å². The molecular weight excluding hydrogens is 672 g/mol. The molecule has 280 valence electrons. The normalized spacial score (nSPS) is 19.2. The van der Waals surface area contributed by atoms with Gasteiger partial charge < -0.3 is 23.7 Å². The lowest BCUT2D eigenvalue weighted by atomic mass is 9.75. The topological polar surface area (TPSA) is 155 Å². The number of ether oxygens (including phenoxy) is 5. The van der Waals surface area contributed by atoms with Gasteiger partial charge in [0.25, 0.3) is 0 Å². The van der Waals surface area contributed by atoms with Gasteiger partial charge in [-0.25, -0.2) is 19.2 Å². The van der Waals surface area contributed by atoms with E-state index in [9.17, 15) is 28.8 Å². The molecule has 13 heteroatoms. The number of carbonyl (C=O) groups excluding carboxylic acids is 6. The molecule has 2 atom stereocenters. The van der Waals surface area contributed by atoms with Gasteiger partial charge in [-0.1, -0.05) is 26.0 Å². The smallest absolute Gasteiger partial charge is 0.411 e. The molecule has 0 bridgehead atoms. The highest BCUT2D eigenvalue weighted by atomic mass is 16.6. The summed E-state index contributed by atoms with van der Waals surface area (Å²) in [6.45, 7) is 14.1. The van der Waals surface area contributed by atoms with Crippen molar-refractivity contribution in [2.75, 3.05) is 26.3 Å². The summed E-state index contributed by atoms with van der Waals surface area (Å²) in [7, 11) is 0. The predicted octanol–water partition coefficient (Wildman–Crippen LogP) is 6.37. The second-order valence-corrected chi connectivity index (χ2v) is 15.9. The zero-order chi connectivity index (χ0) is 38.2. The molecule has 0 saturated carbocycles. The number of benzene rings is 2. The van der Waals surface area contributed by atoms with Crippen molar-refractivity contribution in [1.82, 2.24) is 9.80 Å². The molecule has 0 N–H and O–H groups in total. The van der Waals surface area contributed by atoms with Crippen LogP contribution in [0, 0.1) is 0 Å². The van der Waals surface area contributed by atoms with Gasteiger partial charge in [0.1, 0.15) is 34.8 Å². The van der Waals surface area contributed by atoms with Crippen molar-refractivity contribution in [3.05, 3.63) is 58.7 Å². The Morgan fingerprint density at radius 2 is 1.13 bits per heavy atom. The number of hydrogen-bond acceptors (Lipinski definition) is 11. The molecule has 2 aromatic carbocycles. The molecule has 2 amide bonds. The van der Waals surface area contributed by atoms with Crippen LogP contribution in [0.4, 0.5) is 9.59 Å². The fourth-order valence-electron chi connectivity index (χ4n) is 6.58. The lowest BCUT2D eigenvalue weighted by Gasteiger charge is -2.35. The Morgan fingerprint density at radius 1 is 0.673 bits per heavy atom. The van der Waals surface area contributed by atoms with Crippen LogP contribution in [0.15, 0.2) is 36.4 Å². The highest BCUT2D eigenvalue weighted by molar-refractivity contribution is 6.00. The van der Waals surface area contributed by atoms with Crippen LogP contribution in [-0.4, -0.2) is 95.1 Å². The van der Waals surface area contributed by atoms with Gasteiger partial charge >= 0.3 is 24.1 Å². The van der Waals surface area contributed by atoms with Gasteiger partial charge in [0, 0.05) is 40.8 Å². The molecule has 3 heterocycles. The van der Waals surface area contributed by atoms with Crippen molar-refractivity contribution in [3.63, 3.8) is 0 Å². The largest absolute Gasteiger partial charge is 0.457 e. The van der Waals surface area contributed by atoms with E-state index in [4.69, 9.17) is 23.7 Å². The fraction of sp³-hybridized carbons (Fsp3) is 0.538. The van der Waals surface area contributed by atoms with Crippen molar-refractivity contribution in [1.29, 1.82) is 0 Å². The van der Waals surface area contributed by atoms with Gasteiger partial charge in [-0.05, 0) is 91.5 Å². The lowest BCUT2D eigenvalue weighted by Crippen LogP contribution is -2.44. The van der Waals surface area contributed by atoms with Gasteiger partial charge in [-0.15, -0.1) is 0 Å². The van der Waals surface area contributed by atoms with Crippen molar-refractivity contribution in [2.45, 2.75) is 110 Å². The van der Waals surface area contributed by atoms with Gasteiger partial charge in [0.15, 0.2) is 24.8 Å². The summed E-state index contributed by atoms with van der Waals surface area (Å²) >= 11 is 0. The van der Waals surface area contributed by atoms with E-state index in [0.29, 0.717) is 55.8 Å². The average molecular weight is 721 g/mol. The summed E-state index contributed by atoms with van der Waals surface area (Å²) in [4.78, 5) is 80.0. The minimum atomic E-state index is -0.822. The first-order valence-electron chi connectivity index (χ1n) is 17.6. The number of rotatable bonds is 8.